The molecule has 0 fully saturated rings. The van der Waals surface area contributed by atoms with Crippen molar-refractivity contribution in [3.05, 3.63) is 41.7 Å². The van der Waals surface area contributed by atoms with E-state index in [4.69, 9.17) is 4.42 Å². The molecular weight excluding hydrogens is 232 g/mol. The summed E-state index contributed by atoms with van der Waals surface area (Å²) in [6, 6.07) is 3.67. The third-order valence-corrected chi connectivity index (χ3v) is 2.34. The fraction of sp³-hybridized carbons (Fsp3) is 0.250. The summed E-state index contributed by atoms with van der Waals surface area (Å²) in [5, 5.41) is 5.54. The summed E-state index contributed by atoms with van der Waals surface area (Å²) in [6.45, 7) is 2.19. The second-order valence-corrected chi connectivity index (χ2v) is 3.73. The quantitative estimate of drug-likeness (QED) is 0.851. The lowest BCUT2D eigenvalue weighted by atomic mass is 10.4. The molecule has 0 aliphatic rings. The highest BCUT2D eigenvalue weighted by atomic mass is 16.3. The Morgan fingerprint density at radius 2 is 2.22 bits per heavy atom. The molecule has 2 aromatic heterocycles. The zero-order valence-corrected chi connectivity index (χ0v) is 10.2. The van der Waals surface area contributed by atoms with E-state index in [1.807, 2.05) is 19.1 Å². The SMILES string of the molecule is CNc1cncc(C(=O)NCc2ccc(C)o2)n1. The second-order valence-electron chi connectivity index (χ2n) is 3.73. The van der Waals surface area contributed by atoms with Crippen molar-refractivity contribution in [3.8, 4) is 0 Å². The molecule has 2 heterocycles. The van der Waals surface area contributed by atoms with E-state index in [2.05, 4.69) is 20.6 Å². The minimum Gasteiger partial charge on any atom is -0.465 e. The predicted molar refractivity (Wildman–Crippen MR) is 66.2 cm³/mol. The molecule has 2 rings (SSSR count). The number of rotatable bonds is 4. The molecule has 0 saturated heterocycles. The van der Waals surface area contributed by atoms with Crippen LogP contribution in [-0.2, 0) is 6.54 Å². The Bertz CT molecular complexity index is 551. The maximum absolute atomic E-state index is 11.8. The Balaban J connectivity index is 1.99. The van der Waals surface area contributed by atoms with Gasteiger partial charge >= 0.3 is 0 Å². The summed E-state index contributed by atoms with van der Waals surface area (Å²) < 4.78 is 5.35. The molecule has 0 radical (unpaired) electrons. The number of aryl methyl sites for hydroxylation is 1. The maximum atomic E-state index is 11.8. The molecule has 0 bridgehead atoms. The molecule has 0 atom stereocenters. The fourth-order valence-corrected chi connectivity index (χ4v) is 1.43. The predicted octanol–water partition coefficient (Wildman–Crippen LogP) is 1.35. The lowest BCUT2D eigenvalue weighted by Crippen LogP contribution is -2.24. The van der Waals surface area contributed by atoms with E-state index in [-0.39, 0.29) is 11.6 Å². The van der Waals surface area contributed by atoms with Crippen molar-refractivity contribution < 1.29 is 9.21 Å². The van der Waals surface area contributed by atoms with Crippen LogP contribution in [0.15, 0.2) is 28.9 Å². The van der Waals surface area contributed by atoms with Crippen LogP contribution < -0.4 is 10.6 Å². The summed E-state index contributed by atoms with van der Waals surface area (Å²) in [4.78, 5) is 19.8. The average molecular weight is 246 g/mol. The molecule has 18 heavy (non-hydrogen) atoms. The molecule has 94 valence electrons. The zero-order valence-electron chi connectivity index (χ0n) is 10.2. The number of carbonyl (C=O) groups excluding carboxylic acids is 1. The van der Waals surface area contributed by atoms with Crippen molar-refractivity contribution in [1.29, 1.82) is 0 Å². The summed E-state index contributed by atoms with van der Waals surface area (Å²) in [5.41, 5.74) is 0.269. The molecule has 2 N–H and O–H groups in total. The van der Waals surface area contributed by atoms with Gasteiger partial charge in [0.15, 0.2) is 0 Å². The maximum Gasteiger partial charge on any atom is 0.271 e. The average Bonchev–Trinajstić information content (AvgIpc) is 2.82. The van der Waals surface area contributed by atoms with Crippen LogP contribution in [0.1, 0.15) is 22.0 Å². The van der Waals surface area contributed by atoms with E-state index in [1.165, 1.54) is 6.20 Å². The van der Waals surface area contributed by atoms with Gasteiger partial charge in [0.1, 0.15) is 23.0 Å². The van der Waals surface area contributed by atoms with Gasteiger partial charge in [0.2, 0.25) is 0 Å². The van der Waals surface area contributed by atoms with Crippen molar-refractivity contribution >= 4 is 11.7 Å². The Labute approximate surface area is 104 Å². The van der Waals surface area contributed by atoms with Gasteiger partial charge in [-0.3, -0.25) is 9.78 Å². The van der Waals surface area contributed by atoms with Gasteiger partial charge in [-0.25, -0.2) is 4.98 Å². The Morgan fingerprint density at radius 3 is 2.89 bits per heavy atom. The van der Waals surface area contributed by atoms with E-state index in [0.717, 1.165) is 5.76 Å². The van der Waals surface area contributed by atoms with Gasteiger partial charge in [-0.15, -0.1) is 0 Å². The number of furan rings is 1. The van der Waals surface area contributed by atoms with Gasteiger partial charge in [-0.1, -0.05) is 0 Å². The van der Waals surface area contributed by atoms with Crippen LogP contribution in [0, 0.1) is 6.92 Å². The van der Waals surface area contributed by atoms with Gasteiger partial charge in [0, 0.05) is 7.05 Å². The largest absolute Gasteiger partial charge is 0.465 e. The molecule has 2 aromatic rings. The van der Waals surface area contributed by atoms with E-state index < -0.39 is 0 Å². The van der Waals surface area contributed by atoms with Crippen molar-refractivity contribution in [3.63, 3.8) is 0 Å². The number of carbonyl (C=O) groups is 1. The number of hydrogen-bond acceptors (Lipinski definition) is 5. The summed E-state index contributed by atoms with van der Waals surface area (Å²) in [7, 11) is 1.72. The number of nitrogens with zero attached hydrogens (tertiary/aromatic N) is 2. The highest BCUT2D eigenvalue weighted by Gasteiger charge is 2.09. The van der Waals surface area contributed by atoms with Gasteiger partial charge in [-0.2, -0.15) is 0 Å². The molecule has 0 spiro atoms. The molecule has 1 amide bonds. The molecular formula is C12H14N4O2. The van der Waals surface area contributed by atoms with E-state index in [0.29, 0.717) is 18.1 Å². The number of hydrogen-bond donors (Lipinski definition) is 2. The smallest absolute Gasteiger partial charge is 0.271 e. The molecule has 6 nitrogen and oxygen atoms in total. The van der Waals surface area contributed by atoms with Gasteiger partial charge < -0.3 is 15.1 Å². The summed E-state index contributed by atoms with van der Waals surface area (Å²) >= 11 is 0. The first-order valence-corrected chi connectivity index (χ1v) is 5.52. The third-order valence-electron chi connectivity index (χ3n) is 2.34. The van der Waals surface area contributed by atoms with Crippen LogP contribution >= 0.6 is 0 Å². The van der Waals surface area contributed by atoms with Crippen LogP contribution in [0.2, 0.25) is 0 Å². The van der Waals surface area contributed by atoms with E-state index >= 15 is 0 Å². The minimum absolute atomic E-state index is 0.269. The highest BCUT2D eigenvalue weighted by Crippen LogP contribution is 2.06. The van der Waals surface area contributed by atoms with Crippen LogP contribution in [0.4, 0.5) is 5.82 Å². The van der Waals surface area contributed by atoms with Gasteiger partial charge in [-0.05, 0) is 19.1 Å². The topological polar surface area (TPSA) is 80.0 Å². The lowest BCUT2D eigenvalue weighted by molar-refractivity contribution is 0.0942. The van der Waals surface area contributed by atoms with Crippen LogP contribution in [0.3, 0.4) is 0 Å². The Morgan fingerprint density at radius 1 is 1.39 bits per heavy atom. The third kappa shape index (κ3) is 2.85. The van der Waals surface area contributed by atoms with Gasteiger partial charge in [0.25, 0.3) is 5.91 Å². The number of anilines is 1. The van der Waals surface area contributed by atoms with Crippen LogP contribution in [-0.4, -0.2) is 22.9 Å². The minimum atomic E-state index is -0.284. The molecule has 0 aliphatic heterocycles. The number of aromatic nitrogens is 2. The van der Waals surface area contributed by atoms with Crippen molar-refractivity contribution in [2.75, 3.05) is 12.4 Å². The first kappa shape index (κ1) is 12.1. The first-order valence-electron chi connectivity index (χ1n) is 5.52. The molecule has 0 aromatic carbocycles. The van der Waals surface area contributed by atoms with Gasteiger partial charge in [0.05, 0.1) is 18.9 Å². The Kier molecular flexibility index (Phi) is 3.57. The first-order chi connectivity index (χ1) is 8.69. The number of amides is 1. The van der Waals surface area contributed by atoms with Crippen LogP contribution in [0.5, 0.6) is 0 Å². The monoisotopic (exact) mass is 246 g/mol. The molecule has 0 aliphatic carbocycles. The van der Waals surface area contributed by atoms with E-state index in [9.17, 15) is 4.79 Å². The van der Waals surface area contributed by atoms with E-state index in [1.54, 1.807) is 13.2 Å². The molecule has 0 unspecified atom stereocenters. The summed E-state index contributed by atoms with van der Waals surface area (Å²) in [5.74, 6) is 1.79. The molecule has 0 saturated carbocycles. The lowest BCUT2D eigenvalue weighted by Gasteiger charge is -2.04. The fourth-order valence-electron chi connectivity index (χ4n) is 1.43. The Hall–Kier alpha value is -2.37. The normalized spacial score (nSPS) is 10.1. The highest BCUT2D eigenvalue weighted by molar-refractivity contribution is 5.92. The van der Waals surface area contributed by atoms with Crippen molar-refractivity contribution in [1.82, 2.24) is 15.3 Å². The number of nitrogens with one attached hydrogen (secondary N) is 2. The van der Waals surface area contributed by atoms with Crippen molar-refractivity contribution in [2.24, 2.45) is 0 Å². The second kappa shape index (κ2) is 5.31. The van der Waals surface area contributed by atoms with Crippen LogP contribution in [0.25, 0.3) is 0 Å². The van der Waals surface area contributed by atoms with Crippen molar-refractivity contribution in [2.45, 2.75) is 13.5 Å². The molecule has 6 heteroatoms. The standard InChI is InChI=1S/C12H14N4O2/c1-8-3-4-9(18-8)5-15-12(17)10-6-14-7-11(13-2)16-10/h3-4,6-7H,5H2,1-2H3,(H,13,16)(H,15,17). The zero-order chi connectivity index (χ0) is 13.0. The summed E-state index contributed by atoms with van der Waals surface area (Å²) in [6.07, 6.45) is 2.97.